The average molecular weight is 401 g/mol. The van der Waals surface area contributed by atoms with Crippen LogP contribution in [0.1, 0.15) is 17.8 Å². The standard InChI is InChI=1S/C20H20N4OS.ClH/c1-12-8-16(9-13(2)22-12)14-4-3-5-15(10-14)18-11-26-20(23-18)24-19(25)17-6-7-21-17;/h3-5,8-11,17,21H,6-7H2,1-2H3,(H,23,24,25);1H/t17-;/m0./s1. The van der Waals surface area contributed by atoms with Crippen LogP contribution in [0.4, 0.5) is 5.13 Å². The Morgan fingerprint density at radius 2 is 1.81 bits per heavy atom. The van der Waals surface area contributed by atoms with Crippen molar-refractivity contribution in [2.45, 2.75) is 26.3 Å². The van der Waals surface area contributed by atoms with Crippen LogP contribution in [0, 0.1) is 13.8 Å². The van der Waals surface area contributed by atoms with Crippen LogP contribution in [0.3, 0.4) is 0 Å². The number of thiazole rings is 1. The van der Waals surface area contributed by atoms with Crippen molar-refractivity contribution in [1.82, 2.24) is 15.3 Å². The van der Waals surface area contributed by atoms with Gasteiger partial charge in [0.1, 0.15) is 0 Å². The fraction of sp³-hybridized carbons (Fsp3) is 0.250. The molecule has 1 amide bonds. The molecule has 7 heteroatoms. The van der Waals surface area contributed by atoms with Gasteiger partial charge in [0.2, 0.25) is 5.91 Å². The maximum atomic E-state index is 12.0. The van der Waals surface area contributed by atoms with E-state index in [1.807, 2.05) is 31.4 Å². The number of hydrogen-bond donors (Lipinski definition) is 2. The minimum absolute atomic E-state index is 0. The quantitative estimate of drug-likeness (QED) is 0.688. The Balaban J connectivity index is 0.00000210. The maximum absolute atomic E-state index is 12.0. The lowest BCUT2D eigenvalue weighted by atomic mass is 10.0. The van der Waals surface area contributed by atoms with E-state index in [1.54, 1.807) is 0 Å². The first-order valence-electron chi connectivity index (χ1n) is 8.64. The molecule has 2 aromatic heterocycles. The van der Waals surface area contributed by atoms with Gasteiger partial charge in [-0.1, -0.05) is 18.2 Å². The Labute approximate surface area is 168 Å². The summed E-state index contributed by atoms with van der Waals surface area (Å²) in [5, 5.41) is 8.61. The summed E-state index contributed by atoms with van der Waals surface area (Å²) in [7, 11) is 0. The third-order valence-corrected chi connectivity index (χ3v) is 5.21. The number of amides is 1. The number of aryl methyl sites for hydroxylation is 2. The number of carbonyl (C=O) groups excluding carboxylic acids is 1. The summed E-state index contributed by atoms with van der Waals surface area (Å²) < 4.78 is 0. The molecule has 2 N–H and O–H groups in total. The van der Waals surface area contributed by atoms with Crippen molar-refractivity contribution in [3.05, 3.63) is 53.2 Å². The van der Waals surface area contributed by atoms with Gasteiger partial charge in [-0.05, 0) is 56.1 Å². The molecule has 1 atom stereocenters. The number of halogens is 1. The number of aromatic nitrogens is 2. The van der Waals surface area contributed by atoms with Crippen LogP contribution in [0.5, 0.6) is 0 Å². The number of anilines is 1. The summed E-state index contributed by atoms with van der Waals surface area (Å²) in [4.78, 5) is 21.0. The number of benzene rings is 1. The van der Waals surface area contributed by atoms with Crippen molar-refractivity contribution < 1.29 is 4.79 Å². The molecule has 1 saturated heterocycles. The Morgan fingerprint density at radius 1 is 1.11 bits per heavy atom. The van der Waals surface area contributed by atoms with Gasteiger partial charge < -0.3 is 10.6 Å². The van der Waals surface area contributed by atoms with Crippen LogP contribution in [0.15, 0.2) is 41.8 Å². The van der Waals surface area contributed by atoms with Crippen LogP contribution < -0.4 is 10.6 Å². The van der Waals surface area contributed by atoms with E-state index in [2.05, 4.69) is 44.9 Å². The van der Waals surface area contributed by atoms with Gasteiger partial charge in [-0.25, -0.2) is 4.98 Å². The molecule has 0 unspecified atom stereocenters. The summed E-state index contributed by atoms with van der Waals surface area (Å²) in [6.07, 6.45) is 0.886. The molecule has 0 bridgehead atoms. The smallest absolute Gasteiger partial charge is 0.243 e. The molecule has 3 aromatic rings. The van der Waals surface area contributed by atoms with E-state index in [9.17, 15) is 4.79 Å². The maximum Gasteiger partial charge on any atom is 0.243 e. The molecule has 1 aromatic carbocycles. The number of nitrogens with zero attached hydrogens (tertiary/aromatic N) is 2. The highest BCUT2D eigenvalue weighted by atomic mass is 35.5. The van der Waals surface area contributed by atoms with Gasteiger partial charge in [0.25, 0.3) is 0 Å². The number of pyridine rings is 1. The van der Waals surface area contributed by atoms with Crippen molar-refractivity contribution in [3.8, 4) is 22.4 Å². The molecule has 0 spiro atoms. The monoisotopic (exact) mass is 400 g/mol. The number of hydrogen-bond acceptors (Lipinski definition) is 5. The zero-order valence-corrected chi connectivity index (χ0v) is 16.8. The summed E-state index contributed by atoms with van der Waals surface area (Å²) in [6.45, 7) is 4.92. The summed E-state index contributed by atoms with van der Waals surface area (Å²) in [5.41, 5.74) is 6.21. The normalized spacial score (nSPS) is 15.6. The molecular weight excluding hydrogens is 380 g/mol. The number of rotatable bonds is 4. The van der Waals surface area contributed by atoms with Crippen LogP contribution in [0.25, 0.3) is 22.4 Å². The largest absolute Gasteiger partial charge is 0.306 e. The van der Waals surface area contributed by atoms with E-state index in [-0.39, 0.29) is 24.4 Å². The highest BCUT2D eigenvalue weighted by Crippen LogP contribution is 2.29. The van der Waals surface area contributed by atoms with E-state index in [0.29, 0.717) is 5.13 Å². The van der Waals surface area contributed by atoms with Crippen LogP contribution in [-0.2, 0) is 4.79 Å². The van der Waals surface area contributed by atoms with E-state index < -0.39 is 0 Å². The zero-order valence-electron chi connectivity index (χ0n) is 15.2. The topological polar surface area (TPSA) is 66.9 Å². The SMILES string of the molecule is Cc1cc(-c2cccc(-c3csc(NC(=O)[C@@H]4CCN4)n3)c2)cc(C)n1.Cl. The van der Waals surface area contributed by atoms with E-state index in [1.165, 1.54) is 11.3 Å². The third-order valence-electron chi connectivity index (χ3n) is 4.45. The molecule has 0 radical (unpaired) electrons. The van der Waals surface area contributed by atoms with Gasteiger partial charge in [0.05, 0.1) is 11.7 Å². The lowest BCUT2D eigenvalue weighted by molar-refractivity contribution is -0.119. The van der Waals surface area contributed by atoms with Gasteiger partial charge in [-0.15, -0.1) is 23.7 Å². The average Bonchev–Trinajstić information content (AvgIpc) is 3.01. The molecule has 1 aliphatic heterocycles. The van der Waals surface area contributed by atoms with Gasteiger partial charge in [0, 0.05) is 22.3 Å². The van der Waals surface area contributed by atoms with E-state index in [0.717, 1.165) is 46.7 Å². The molecule has 0 saturated carbocycles. The van der Waals surface area contributed by atoms with Crippen molar-refractivity contribution in [2.75, 3.05) is 11.9 Å². The molecule has 140 valence electrons. The van der Waals surface area contributed by atoms with Gasteiger partial charge in [-0.2, -0.15) is 0 Å². The Morgan fingerprint density at radius 3 is 2.48 bits per heavy atom. The Kier molecular flexibility index (Phi) is 5.89. The van der Waals surface area contributed by atoms with Gasteiger partial charge in [0.15, 0.2) is 5.13 Å². The lowest BCUT2D eigenvalue weighted by Crippen LogP contribution is -2.50. The first-order chi connectivity index (χ1) is 12.6. The molecule has 1 fully saturated rings. The number of nitrogens with one attached hydrogen (secondary N) is 2. The third kappa shape index (κ3) is 4.35. The molecule has 27 heavy (non-hydrogen) atoms. The Hall–Kier alpha value is -2.28. The molecule has 3 heterocycles. The lowest BCUT2D eigenvalue weighted by Gasteiger charge is -2.25. The Bertz CT molecular complexity index is 948. The van der Waals surface area contributed by atoms with Crippen LogP contribution in [-0.4, -0.2) is 28.5 Å². The van der Waals surface area contributed by atoms with Crippen molar-refractivity contribution in [1.29, 1.82) is 0 Å². The molecule has 1 aliphatic rings. The molecule has 0 aliphatic carbocycles. The van der Waals surface area contributed by atoms with Gasteiger partial charge in [-0.3, -0.25) is 9.78 Å². The van der Waals surface area contributed by atoms with E-state index >= 15 is 0 Å². The second kappa shape index (κ2) is 8.17. The van der Waals surface area contributed by atoms with Gasteiger partial charge >= 0.3 is 0 Å². The zero-order chi connectivity index (χ0) is 18.1. The first-order valence-corrected chi connectivity index (χ1v) is 9.52. The van der Waals surface area contributed by atoms with Crippen LogP contribution in [0.2, 0.25) is 0 Å². The minimum atomic E-state index is -0.0798. The molecule has 5 nitrogen and oxygen atoms in total. The summed E-state index contributed by atoms with van der Waals surface area (Å²) >= 11 is 1.45. The second-order valence-electron chi connectivity index (χ2n) is 6.54. The van der Waals surface area contributed by atoms with Crippen molar-refractivity contribution in [3.63, 3.8) is 0 Å². The number of carbonyl (C=O) groups is 1. The van der Waals surface area contributed by atoms with E-state index in [4.69, 9.17) is 0 Å². The first kappa shape index (κ1) is 19.5. The molecular formula is C20H21ClN4OS. The highest BCUT2D eigenvalue weighted by Gasteiger charge is 2.25. The fourth-order valence-corrected chi connectivity index (χ4v) is 3.75. The molecule has 4 rings (SSSR count). The fourth-order valence-electron chi connectivity index (χ4n) is 3.03. The summed E-state index contributed by atoms with van der Waals surface area (Å²) in [5.74, 6) is -0.00589. The predicted octanol–water partition coefficient (Wildman–Crippen LogP) is 4.21. The van der Waals surface area contributed by atoms with Crippen molar-refractivity contribution in [2.24, 2.45) is 0 Å². The highest BCUT2D eigenvalue weighted by molar-refractivity contribution is 7.14. The minimum Gasteiger partial charge on any atom is -0.306 e. The van der Waals surface area contributed by atoms with Crippen LogP contribution >= 0.6 is 23.7 Å². The summed E-state index contributed by atoms with van der Waals surface area (Å²) in [6, 6.07) is 12.4. The van der Waals surface area contributed by atoms with Crippen molar-refractivity contribution >= 4 is 34.8 Å². The second-order valence-corrected chi connectivity index (χ2v) is 7.40. The predicted molar refractivity (Wildman–Crippen MR) is 113 cm³/mol.